The maximum absolute atomic E-state index is 12.6. The van der Waals surface area contributed by atoms with Crippen LogP contribution in [-0.4, -0.2) is 73.2 Å². The van der Waals surface area contributed by atoms with E-state index in [2.05, 4.69) is 54.6 Å². The fourth-order valence-corrected chi connectivity index (χ4v) is 6.04. The van der Waals surface area contributed by atoms with Crippen LogP contribution in [0.25, 0.3) is 27.8 Å². The summed E-state index contributed by atoms with van der Waals surface area (Å²) in [7, 11) is 6.99. The topological polar surface area (TPSA) is 87.1 Å². The van der Waals surface area contributed by atoms with Crippen LogP contribution in [0.2, 0.25) is 0 Å². The van der Waals surface area contributed by atoms with Gasteiger partial charge in [-0.2, -0.15) is 0 Å². The zero-order valence-corrected chi connectivity index (χ0v) is 28.7. The normalized spacial score (nSPS) is 10.6. The zero-order valence-electron chi connectivity index (χ0n) is 27.9. The summed E-state index contributed by atoms with van der Waals surface area (Å²) in [4.78, 5) is 40.1. The Morgan fingerprint density at radius 1 is 0.612 bits per heavy atom. The maximum Gasteiger partial charge on any atom is 0.341 e. The van der Waals surface area contributed by atoms with Gasteiger partial charge in [-0.25, -0.2) is 4.79 Å². The first-order valence-corrected chi connectivity index (χ1v) is 16.7. The summed E-state index contributed by atoms with van der Waals surface area (Å²) >= 11 is 1.66. The number of carbonyl (C=O) groups excluding carboxylic acids is 2. The van der Waals surface area contributed by atoms with E-state index >= 15 is 0 Å². The van der Waals surface area contributed by atoms with E-state index in [1.54, 1.807) is 61.9 Å². The second kappa shape index (κ2) is 16.0. The molecular formula is C41H38N2O5S. The number of rotatable bonds is 12. The molecule has 7 nitrogen and oxygen atoms in total. The van der Waals surface area contributed by atoms with Crippen molar-refractivity contribution < 1.29 is 24.2 Å². The monoisotopic (exact) mass is 670 g/mol. The molecule has 0 aliphatic rings. The van der Waals surface area contributed by atoms with E-state index in [0.717, 1.165) is 43.8 Å². The van der Waals surface area contributed by atoms with Gasteiger partial charge in [-0.3, -0.25) is 9.59 Å². The average Bonchev–Trinajstić information content (AvgIpc) is 3.12. The number of ether oxygens (including phenoxy) is 1. The number of carboxylic acids is 1. The predicted octanol–water partition coefficient (Wildman–Crippen LogP) is 8.11. The first kappa shape index (κ1) is 34.7. The summed E-state index contributed by atoms with van der Waals surface area (Å²) in [6.45, 7) is -0.380. The first-order chi connectivity index (χ1) is 23.6. The van der Waals surface area contributed by atoms with Gasteiger partial charge in [0, 0.05) is 50.0 Å². The van der Waals surface area contributed by atoms with E-state index in [-0.39, 0.29) is 18.4 Å². The Morgan fingerprint density at radius 2 is 1.08 bits per heavy atom. The third kappa shape index (κ3) is 9.06. The highest BCUT2D eigenvalue weighted by atomic mass is 32.2. The molecule has 5 rings (SSSR count). The summed E-state index contributed by atoms with van der Waals surface area (Å²) in [5.74, 6) is 0.109. The van der Waals surface area contributed by atoms with E-state index in [1.807, 2.05) is 60.7 Å². The quantitative estimate of drug-likeness (QED) is 0.135. The molecule has 0 aromatic heterocycles. The Bertz CT molecular complexity index is 1860. The summed E-state index contributed by atoms with van der Waals surface area (Å²) in [5.41, 5.74) is 8.41. The average molecular weight is 671 g/mol. The molecule has 0 radical (unpaired) electrons. The van der Waals surface area contributed by atoms with Gasteiger partial charge < -0.3 is 19.6 Å². The van der Waals surface area contributed by atoms with Crippen molar-refractivity contribution in [1.29, 1.82) is 0 Å². The van der Waals surface area contributed by atoms with Gasteiger partial charge in [-0.05, 0) is 87.5 Å². The van der Waals surface area contributed by atoms with Crippen molar-refractivity contribution in [2.45, 2.75) is 4.90 Å². The number of nitrogens with zero attached hydrogens (tertiary/aromatic N) is 2. The number of thioether (sulfide) groups is 1. The van der Waals surface area contributed by atoms with Crippen molar-refractivity contribution in [3.63, 3.8) is 0 Å². The first-order valence-electron chi connectivity index (χ1n) is 15.7. The molecule has 0 heterocycles. The lowest BCUT2D eigenvalue weighted by molar-refractivity contribution is -0.139. The molecule has 0 aliphatic carbocycles. The molecule has 5 aromatic carbocycles. The van der Waals surface area contributed by atoms with Crippen molar-refractivity contribution in [2.24, 2.45) is 0 Å². The van der Waals surface area contributed by atoms with Gasteiger partial charge in [0.15, 0.2) is 6.61 Å². The van der Waals surface area contributed by atoms with Gasteiger partial charge in [0.05, 0.1) is 0 Å². The second-order valence-electron chi connectivity index (χ2n) is 11.8. The Labute approximate surface area is 291 Å². The van der Waals surface area contributed by atoms with Crippen LogP contribution in [0.5, 0.6) is 5.75 Å². The minimum Gasteiger partial charge on any atom is -0.482 e. The number of hydrogen-bond donors (Lipinski definition) is 1. The van der Waals surface area contributed by atoms with E-state index < -0.39 is 5.97 Å². The van der Waals surface area contributed by atoms with E-state index in [9.17, 15) is 14.4 Å². The number of benzene rings is 5. The largest absolute Gasteiger partial charge is 0.482 e. The van der Waals surface area contributed by atoms with Gasteiger partial charge in [-0.15, -0.1) is 11.8 Å². The van der Waals surface area contributed by atoms with Crippen LogP contribution in [0.3, 0.4) is 0 Å². The Hall–Kier alpha value is -5.60. The lowest BCUT2D eigenvalue weighted by atomic mass is 9.93. The van der Waals surface area contributed by atoms with Crippen molar-refractivity contribution in [2.75, 3.05) is 40.6 Å². The number of hydrogen-bond acceptors (Lipinski definition) is 5. The molecule has 49 heavy (non-hydrogen) atoms. The third-order valence-corrected chi connectivity index (χ3v) is 8.75. The number of carboxylic acid groups (broad SMARTS) is 1. The summed E-state index contributed by atoms with van der Waals surface area (Å²) in [5, 5.41) is 8.87. The predicted molar refractivity (Wildman–Crippen MR) is 197 cm³/mol. The van der Waals surface area contributed by atoms with E-state index in [0.29, 0.717) is 22.6 Å². The molecule has 0 saturated heterocycles. The summed E-state index contributed by atoms with van der Waals surface area (Å²) in [6.07, 6.45) is 2.20. The smallest absolute Gasteiger partial charge is 0.341 e. The molecule has 248 valence electrons. The molecule has 0 saturated carbocycles. The Balaban J connectivity index is 1.42. The molecule has 1 N–H and O–H groups in total. The van der Waals surface area contributed by atoms with Crippen LogP contribution in [0.15, 0.2) is 132 Å². The van der Waals surface area contributed by atoms with E-state index in [4.69, 9.17) is 9.84 Å². The van der Waals surface area contributed by atoms with Gasteiger partial charge in [0.2, 0.25) is 0 Å². The van der Waals surface area contributed by atoms with Gasteiger partial charge in [0.1, 0.15) is 5.75 Å². The molecule has 2 amide bonds. The molecule has 0 bridgehead atoms. The van der Waals surface area contributed by atoms with Crippen molar-refractivity contribution in [3.05, 3.63) is 150 Å². The van der Waals surface area contributed by atoms with Crippen LogP contribution in [0.4, 0.5) is 0 Å². The van der Waals surface area contributed by atoms with Crippen molar-refractivity contribution in [3.8, 4) is 28.0 Å². The molecule has 0 spiro atoms. The summed E-state index contributed by atoms with van der Waals surface area (Å²) in [6, 6.07) is 39.4. The highest BCUT2D eigenvalue weighted by Crippen LogP contribution is 2.31. The molecule has 0 fully saturated rings. The van der Waals surface area contributed by atoms with Crippen molar-refractivity contribution >= 4 is 35.1 Å². The fraction of sp³-hybridized carbons (Fsp3) is 0.146. The zero-order chi connectivity index (χ0) is 34.9. The number of carbonyl (C=O) groups is 3. The molecular weight excluding hydrogens is 633 g/mol. The summed E-state index contributed by atoms with van der Waals surface area (Å²) < 4.78 is 5.26. The third-order valence-electron chi connectivity index (χ3n) is 7.81. The van der Waals surface area contributed by atoms with Crippen LogP contribution < -0.4 is 4.74 Å². The molecule has 0 unspecified atom stereocenters. The van der Waals surface area contributed by atoms with Crippen LogP contribution >= 0.6 is 11.8 Å². The van der Waals surface area contributed by atoms with E-state index in [1.165, 1.54) is 0 Å². The SMILES string of the molecule is CN(C)C(=O)c1cccc(-c2ccc(C(=CCSc3ccc(OCC(=O)O)cc3)c3ccc(-c4cccc(C(=O)N(C)C)c4)cc3)cc2)c1. The lowest BCUT2D eigenvalue weighted by Gasteiger charge is -2.14. The molecule has 8 heteroatoms. The minimum absolute atomic E-state index is 0.0388. The fourth-order valence-electron chi connectivity index (χ4n) is 5.27. The van der Waals surface area contributed by atoms with Gasteiger partial charge in [0.25, 0.3) is 11.8 Å². The molecule has 0 aliphatic heterocycles. The second-order valence-corrected chi connectivity index (χ2v) is 12.9. The highest BCUT2D eigenvalue weighted by molar-refractivity contribution is 7.99. The Kier molecular flexibility index (Phi) is 11.3. The molecule has 0 atom stereocenters. The number of aliphatic carboxylic acids is 1. The maximum atomic E-state index is 12.6. The minimum atomic E-state index is -1.02. The standard InChI is InChI=1S/C41H38N2O5S/c1-42(2)40(46)34-9-5-7-32(25-34)28-11-15-30(16-12-28)38(23-24-49-37-21-19-36(20-22-37)48-27-39(44)45)31-17-13-29(14-18-31)33-8-6-10-35(26-33)41(47)43(3)4/h5-23,25-26H,24,27H2,1-4H3,(H,44,45). The van der Waals surface area contributed by atoms with Gasteiger partial charge >= 0.3 is 5.97 Å². The molecule has 5 aromatic rings. The lowest BCUT2D eigenvalue weighted by Crippen LogP contribution is -2.21. The van der Waals surface area contributed by atoms with Crippen LogP contribution in [-0.2, 0) is 4.79 Å². The van der Waals surface area contributed by atoms with Gasteiger partial charge in [-0.1, -0.05) is 78.9 Å². The van der Waals surface area contributed by atoms with Crippen molar-refractivity contribution in [1.82, 2.24) is 9.80 Å². The number of amides is 2. The van der Waals surface area contributed by atoms with Crippen LogP contribution in [0.1, 0.15) is 31.8 Å². The Morgan fingerprint density at radius 3 is 1.51 bits per heavy atom. The van der Waals surface area contributed by atoms with Crippen LogP contribution in [0, 0.1) is 0 Å². The highest BCUT2D eigenvalue weighted by Gasteiger charge is 2.12.